The molecule has 1 aliphatic carbocycles. The topological polar surface area (TPSA) is 51.0 Å². The lowest BCUT2D eigenvalue weighted by Crippen LogP contribution is -2.24. The molecule has 0 amide bonds. The average molecular weight is 207 g/mol. The maximum absolute atomic E-state index is 5.29. The summed E-state index contributed by atoms with van der Waals surface area (Å²) in [5, 5.41) is 7.51. The minimum atomic E-state index is 0.558. The van der Waals surface area contributed by atoms with E-state index in [0.29, 0.717) is 12.0 Å². The van der Waals surface area contributed by atoms with Crippen molar-refractivity contribution in [3.8, 4) is 0 Å². The van der Waals surface area contributed by atoms with Crippen LogP contribution in [0.25, 0.3) is 0 Å². The predicted molar refractivity (Wildman–Crippen MR) is 55.6 cm³/mol. The zero-order valence-electron chi connectivity index (χ0n) is 8.91. The fourth-order valence-corrected chi connectivity index (χ4v) is 2.32. The lowest BCUT2D eigenvalue weighted by molar-refractivity contribution is 0.290. The van der Waals surface area contributed by atoms with Crippen molar-refractivity contribution in [3.05, 3.63) is 11.7 Å². The van der Waals surface area contributed by atoms with Crippen LogP contribution in [-0.4, -0.2) is 22.7 Å². The van der Waals surface area contributed by atoms with Crippen LogP contribution < -0.4 is 5.32 Å². The zero-order chi connectivity index (χ0) is 10.1. The van der Waals surface area contributed by atoms with E-state index in [0.717, 1.165) is 24.7 Å². The third kappa shape index (κ3) is 1.91. The van der Waals surface area contributed by atoms with Crippen molar-refractivity contribution in [2.75, 3.05) is 6.54 Å². The molecule has 1 atom stereocenters. The molecule has 1 unspecified atom stereocenters. The molecular weight excluding hydrogens is 190 g/mol. The van der Waals surface area contributed by atoms with Gasteiger partial charge in [0.1, 0.15) is 0 Å². The molecule has 4 heteroatoms. The van der Waals surface area contributed by atoms with Gasteiger partial charge in [-0.15, -0.1) is 0 Å². The van der Waals surface area contributed by atoms with E-state index in [1.54, 1.807) is 0 Å². The molecule has 1 aromatic heterocycles. The lowest BCUT2D eigenvalue weighted by atomic mass is 9.85. The Hall–Kier alpha value is -0.900. The highest BCUT2D eigenvalue weighted by Gasteiger charge is 2.26. The Labute approximate surface area is 89.4 Å². The monoisotopic (exact) mass is 207 g/mol. The molecule has 3 rings (SSSR count). The van der Waals surface area contributed by atoms with Crippen molar-refractivity contribution in [2.24, 2.45) is 0 Å². The van der Waals surface area contributed by atoms with Crippen LogP contribution >= 0.6 is 0 Å². The normalized spacial score (nSPS) is 26.8. The SMILES string of the molecule is C1CNC(Cc2noc(C3CCC3)n2)C1. The van der Waals surface area contributed by atoms with E-state index in [9.17, 15) is 0 Å². The van der Waals surface area contributed by atoms with Gasteiger partial charge in [-0.3, -0.25) is 0 Å². The average Bonchev–Trinajstić information content (AvgIpc) is 2.75. The molecule has 2 aliphatic rings. The van der Waals surface area contributed by atoms with Crippen molar-refractivity contribution in [2.45, 2.75) is 50.5 Å². The maximum Gasteiger partial charge on any atom is 0.229 e. The first kappa shape index (κ1) is 9.33. The number of rotatable bonds is 3. The van der Waals surface area contributed by atoms with Gasteiger partial charge in [0, 0.05) is 18.4 Å². The summed E-state index contributed by atoms with van der Waals surface area (Å²) in [5.41, 5.74) is 0. The second-order valence-electron chi connectivity index (χ2n) is 4.67. The Morgan fingerprint density at radius 2 is 2.20 bits per heavy atom. The lowest BCUT2D eigenvalue weighted by Gasteiger charge is -2.20. The van der Waals surface area contributed by atoms with Gasteiger partial charge in [0.15, 0.2) is 5.82 Å². The Morgan fingerprint density at radius 3 is 2.87 bits per heavy atom. The minimum absolute atomic E-state index is 0.558. The molecule has 0 spiro atoms. The van der Waals surface area contributed by atoms with Crippen molar-refractivity contribution in [1.82, 2.24) is 15.5 Å². The van der Waals surface area contributed by atoms with E-state index in [1.165, 1.54) is 32.1 Å². The predicted octanol–water partition coefficient (Wildman–Crippen LogP) is 1.63. The van der Waals surface area contributed by atoms with Gasteiger partial charge in [-0.2, -0.15) is 4.98 Å². The van der Waals surface area contributed by atoms with Gasteiger partial charge in [-0.05, 0) is 32.2 Å². The summed E-state index contributed by atoms with van der Waals surface area (Å²) in [4.78, 5) is 4.48. The summed E-state index contributed by atoms with van der Waals surface area (Å²) in [6, 6.07) is 0.567. The second-order valence-corrected chi connectivity index (χ2v) is 4.67. The molecule has 2 fully saturated rings. The quantitative estimate of drug-likeness (QED) is 0.818. The van der Waals surface area contributed by atoms with Crippen molar-refractivity contribution in [3.63, 3.8) is 0 Å². The molecule has 2 heterocycles. The molecule has 0 aromatic carbocycles. The first-order valence-corrected chi connectivity index (χ1v) is 5.97. The fraction of sp³-hybridized carbons (Fsp3) is 0.818. The molecular formula is C11H17N3O. The molecule has 0 bridgehead atoms. The smallest absolute Gasteiger partial charge is 0.229 e. The highest BCUT2D eigenvalue weighted by molar-refractivity contribution is 4.99. The summed E-state index contributed by atoms with van der Waals surface area (Å²) in [6.07, 6.45) is 7.21. The van der Waals surface area contributed by atoms with Gasteiger partial charge in [0.25, 0.3) is 0 Å². The third-order valence-electron chi connectivity index (χ3n) is 3.53. The molecule has 1 aromatic rings. The maximum atomic E-state index is 5.29. The molecule has 4 nitrogen and oxygen atoms in total. The largest absolute Gasteiger partial charge is 0.339 e. The van der Waals surface area contributed by atoms with Crippen LogP contribution in [0.15, 0.2) is 4.52 Å². The molecule has 1 aliphatic heterocycles. The molecule has 0 radical (unpaired) electrons. The highest BCUT2D eigenvalue weighted by atomic mass is 16.5. The number of hydrogen-bond donors (Lipinski definition) is 1. The standard InChI is InChI=1S/C11H17N3O/c1-3-8(4-1)11-13-10(14-15-11)7-9-5-2-6-12-9/h8-9,12H,1-7H2. The minimum Gasteiger partial charge on any atom is -0.339 e. The van der Waals surface area contributed by atoms with Crippen LogP contribution in [0.1, 0.15) is 49.7 Å². The fourth-order valence-electron chi connectivity index (χ4n) is 2.32. The van der Waals surface area contributed by atoms with E-state index in [2.05, 4.69) is 15.5 Å². The summed E-state index contributed by atoms with van der Waals surface area (Å²) in [7, 11) is 0. The van der Waals surface area contributed by atoms with Crippen LogP contribution in [-0.2, 0) is 6.42 Å². The van der Waals surface area contributed by atoms with Crippen LogP contribution in [0.5, 0.6) is 0 Å². The first-order valence-electron chi connectivity index (χ1n) is 5.97. The first-order chi connectivity index (χ1) is 7.42. The van der Waals surface area contributed by atoms with E-state index < -0.39 is 0 Å². The summed E-state index contributed by atoms with van der Waals surface area (Å²) < 4.78 is 5.29. The Balaban J connectivity index is 1.62. The molecule has 1 saturated carbocycles. The highest BCUT2D eigenvalue weighted by Crippen LogP contribution is 2.35. The van der Waals surface area contributed by atoms with E-state index in [1.807, 2.05) is 0 Å². The van der Waals surface area contributed by atoms with Gasteiger partial charge in [-0.25, -0.2) is 0 Å². The van der Waals surface area contributed by atoms with Crippen LogP contribution in [0.2, 0.25) is 0 Å². The number of hydrogen-bond acceptors (Lipinski definition) is 4. The van der Waals surface area contributed by atoms with Gasteiger partial charge >= 0.3 is 0 Å². The number of nitrogens with zero attached hydrogens (tertiary/aromatic N) is 2. The van der Waals surface area contributed by atoms with Gasteiger partial charge in [-0.1, -0.05) is 11.6 Å². The van der Waals surface area contributed by atoms with Crippen LogP contribution in [0.3, 0.4) is 0 Å². The van der Waals surface area contributed by atoms with Gasteiger partial charge in [0.05, 0.1) is 0 Å². The zero-order valence-corrected chi connectivity index (χ0v) is 8.91. The summed E-state index contributed by atoms with van der Waals surface area (Å²) >= 11 is 0. The van der Waals surface area contributed by atoms with E-state index in [4.69, 9.17) is 4.52 Å². The van der Waals surface area contributed by atoms with Gasteiger partial charge in [0.2, 0.25) is 5.89 Å². The van der Waals surface area contributed by atoms with Gasteiger partial charge < -0.3 is 9.84 Å². The third-order valence-corrected chi connectivity index (χ3v) is 3.53. The molecule has 1 N–H and O–H groups in total. The van der Waals surface area contributed by atoms with Crippen molar-refractivity contribution in [1.29, 1.82) is 0 Å². The van der Waals surface area contributed by atoms with Crippen molar-refractivity contribution >= 4 is 0 Å². The Bertz CT molecular complexity index is 326. The molecule has 15 heavy (non-hydrogen) atoms. The van der Waals surface area contributed by atoms with E-state index in [-0.39, 0.29) is 0 Å². The molecule has 82 valence electrons. The number of aromatic nitrogens is 2. The summed E-state index contributed by atoms with van der Waals surface area (Å²) in [5.74, 6) is 2.31. The second kappa shape index (κ2) is 3.93. The Morgan fingerprint density at radius 1 is 1.27 bits per heavy atom. The van der Waals surface area contributed by atoms with Crippen molar-refractivity contribution < 1.29 is 4.52 Å². The van der Waals surface area contributed by atoms with Crippen LogP contribution in [0.4, 0.5) is 0 Å². The number of nitrogens with one attached hydrogen (secondary N) is 1. The summed E-state index contributed by atoms with van der Waals surface area (Å²) in [6.45, 7) is 1.14. The van der Waals surface area contributed by atoms with Crippen LogP contribution in [0, 0.1) is 0 Å². The Kier molecular flexibility index (Phi) is 2.44. The van der Waals surface area contributed by atoms with E-state index >= 15 is 0 Å². The molecule has 1 saturated heterocycles.